The highest BCUT2D eigenvalue weighted by Crippen LogP contribution is 2.25. The maximum absolute atomic E-state index is 11.9. The first kappa shape index (κ1) is 22.2. The van der Waals surface area contributed by atoms with Crippen LogP contribution in [0.5, 0.6) is 0 Å². The molecule has 0 aliphatic carbocycles. The van der Waals surface area contributed by atoms with Crippen molar-refractivity contribution in [1.82, 2.24) is 10.2 Å². The summed E-state index contributed by atoms with van der Waals surface area (Å²) in [5, 5.41) is 13.5. The maximum atomic E-state index is 11.9. The van der Waals surface area contributed by atoms with Crippen molar-refractivity contribution in [1.29, 1.82) is 0 Å². The van der Waals surface area contributed by atoms with Crippen LogP contribution in [0.1, 0.15) is 12.5 Å². The molecule has 0 bridgehead atoms. The van der Waals surface area contributed by atoms with Crippen molar-refractivity contribution in [2.75, 3.05) is 34.5 Å². The average molecular weight is 441 g/mol. The SMILES string of the molecule is CCOC(=O)CSc1nnc(NC(=O)CSCC(=O)Nc2ccc(C)cc2)s1. The van der Waals surface area contributed by atoms with Crippen molar-refractivity contribution < 1.29 is 19.1 Å². The molecule has 11 heteroatoms. The van der Waals surface area contributed by atoms with Crippen LogP contribution < -0.4 is 10.6 Å². The minimum absolute atomic E-state index is 0.117. The molecule has 0 atom stereocenters. The van der Waals surface area contributed by atoms with Crippen molar-refractivity contribution in [2.24, 2.45) is 0 Å². The van der Waals surface area contributed by atoms with Crippen molar-refractivity contribution in [3.05, 3.63) is 29.8 Å². The van der Waals surface area contributed by atoms with Gasteiger partial charge in [-0.05, 0) is 26.0 Å². The predicted octanol–water partition coefficient (Wildman–Crippen LogP) is 2.81. The third-order valence-electron chi connectivity index (χ3n) is 3.07. The van der Waals surface area contributed by atoms with E-state index in [1.807, 2.05) is 31.2 Å². The molecule has 1 aromatic heterocycles. The summed E-state index contributed by atoms with van der Waals surface area (Å²) in [4.78, 5) is 35.1. The summed E-state index contributed by atoms with van der Waals surface area (Å²) in [5.74, 6) is -0.345. The highest BCUT2D eigenvalue weighted by atomic mass is 32.2. The molecular formula is C17H20N4O4S3. The third kappa shape index (κ3) is 8.28. The first-order chi connectivity index (χ1) is 13.5. The number of aromatic nitrogens is 2. The zero-order valence-electron chi connectivity index (χ0n) is 15.4. The van der Waals surface area contributed by atoms with Gasteiger partial charge in [-0.15, -0.1) is 22.0 Å². The van der Waals surface area contributed by atoms with Crippen LogP contribution in [0.4, 0.5) is 10.8 Å². The number of aryl methyl sites for hydroxylation is 1. The molecule has 0 spiro atoms. The number of nitrogens with one attached hydrogen (secondary N) is 2. The molecule has 2 N–H and O–H groups in total. The highest BCUT2D eigenvalue weighted by molar-refractivity contribution is 8.01. The van der Waals surface area contributed by atoms with Crippen LogP contribution in [0.2, 0.25) is 0 Å². The predicted molar refractivity (Wildman–Crippen MR) is 113 cm³/mol. The summed E-state index contributed by atoms with van der Waals surface area (Å²) in [5.41, 5.74) is 1.84. The van der Waals surface area contributed by atoms with E-state index in [0.717, 1.165) is 11.3 Å². The lowest BCUT2D eigenvalue weighted by Crippen LogP contribution is -2.18. The minimum atomic E-state index is -0.325. The van der Waals surface area contributed by atoms with Gasteiger partial charge in [0.25, 0.3) is 0 Å². The molecule has 0 fully saturated rings. The first-order valence-corrected chi connectivity index (χ1v) is 11.3. The van der Waals surface area contributed by atoms with Gasteiger partial charge in [0, 0.05) is 5.69 Å². The number of ether oxygens (including phenoxy) is 1. The summed E-state index contributed by atoms with van der Waals surface area (Å²) in [7, 11) is 0. The second-order valence-corrected chi connectivity index (χ2v) is 8.61. The van der Waals surface area contributed by atoms with Crippen LogP contribution >= 0.6 is 34.9 Å². The number of amides is 2. The number of hydrogen-bond donors (Lipinski definition) is 2. The molecule has 2 rings (SSSR count). The minimum Gasteiger partial charge on any atom is -0.465 e. The van der Waals surface area contributed by atoms with E-state index in [9.17, 15) is 14.4 Å². The molecule has 1 heterocycles. The number of thioether (sulfide) groups is 2. The normalized spacial score (nSPS) is 10.4. The summed E-state index contributed by atoms with van der Waals surface area (Å²) in [6.07, 6.45) is 0. The Balaban J connectivity index is 1.66. The largest absolute Gasteiger partial charge is 0.465 e. The topological polar surface area (TPSA) is 110 Å². The molecule has 2 amide bonds. The first-order valence-electron chi connectivity index (χ1n) is 8.32. The number of benzene rings is 1. The molecule has 0 radical (unpaired) electrons. The number of anilines is 2. The van der Waals surface area contributed by atoms with Crippen LogP contribution in [0.25, 0.3) is 0 Å². The Hall–Kier alpha value is -2.11. The van der Waals surface area contributed by atoms with Gasteiger partial charge in [-0.3, -0.25) is 19.7 Å². The Bertz CT molecular complexity index is 811. The number of carbonyl (C=O) groups excluding carboxylic acids is 3. The van der Waals surface area contributed by atoms with Gasteiger partial charge in [0.15, 0.2) is 4.34 Å². The fourth-order valence-corrected chi connectivity index (χ4v) is 4.05. The number of nitrogens with zero attached hydrogens (tertiary/aromatic N) is 2. The van der Waals surface area contributed by atoms with E-state index in [1.165, 1.54) is 34.9 Å². The zero-order valence-corrected chi connectivity index (χ0v) is 17.8. The molecule has 1 aromatic carbocycles. The fraction of sp³-hybridized carbons (Fsp3) is 0.353. The lowest BCUT2D eigenvalue weighted by Gasteiger charge is -2.05. The van der Waals surface area contributed by atoms with Crippen LogP contribution in [0.15, 0.2) is 28.6 Å². The Morgan fingerprint density at radius 3 is 2.39 bits per heavy atom. The van der Waals surface area contributed by atoms with Crippen molar-refractivity contribution >= 4 is 63.5 Å². The van der Waals surface area contributed by atoms with E-state index in [4.69, 9.17) is 4.74 Å². The number of esters is 1. The smallest absolute Gasteiger partial charge is 0.316 e. The van der Waals surface area contributed by atoms with E-state index >= 15 is 0 Å². The third-order valence-corrected chi connectivity index (χ3v) is 5.95. The molecule has 28 heavy (non-hydrogen) atoms. The summed E-state index contributed by atoms with van der Waals surface area (Å²) in [6, 6.07) is 7.49. The van der Waals surface area contributed by atoms with Gasteiger partial charge in [-0.2, -0.15) is 0 Å². The van der Waals surface area contributed by atoms with Gasteiger partial charge in [0.05, 0.1) is 23.9 Å². The number of carbonyl (C=O) groups is 3. The molecule has 0 saturated heterocycles. The Morgan fingerprint density at radius 1 is 1.04 bits per heavy atom. The van der Waals surface area contributed by atoms with Crippen LogP contribution in [0.3, 0.4) is 0 Å². The van der Waals surface area contributed by atoms with Crippen LogP contribution in [0, 0.1) is 6.92 Å². The highest BCUT2D eigenvalue weighted by Gasteiger charge is 2.12. The average Bonchev–Trinajstić information content (AvgIpc) is 3.09. The van der Waals surface area contributed by atoms with Gasteiger partial charge >= 0.3 is 5.97 Å². The Morgan fingerprint density at radius 2 is 1.71 bits per heavy atom. The Kier molecular flexibility index (Phi) is 9.24. The standard InChI is InChI=1S/C17H20N4O4S3/c1-3-25-15(24)10-27-17-21-20-16(28-17)19-14(23)9-26-8-13(22)18-12-6-4-11(2)5-7-12/h4-7H,3,8-10H2,1-2H3,(H,18,22)(H,19,20,23). The van der Waals surface area contributed by atoms with Gasteiger partial charge in [0.2, 0.25) is 16.9 Å². The lowest BCUT2D eigenvalue weighted by atomic mass is 10.2. The van der Waals surface area contributed by atoms with E-state index < -0.39 is 0 Å². The molecule has 0 aliphatic heterocycles. The summed E-state index contributed by atoms with van der Waals surface area (Å²) < 4.78 is 5.40. The van der Waals surface area contributed by atoms with Gasteiger partial charge in [0.1, 0.15) is 0 Å². The van der Waals surface area contributed by atoms with E-state index in [-0.39, 0.29) is 35.0 Å². The molecule has 150 valence electrons. The van der Waals surface area contributed by atoms with Crippen molar-refractivity contribution in [3.63, 3.8) is 0 Å². The van der Waals surface area contributed by atoms with Crippen molar-refractivity contribution in [2.45, 2.75) is 18.2 Å². The molecule has 0 aliphatic rings. The molecule has 8 nitrogen and oxygen atoms in total. The second kappa shape index (κ2) is 11.7. The zero-order chi connectivity index (χ0) is 20.4. The summed E-state index contributed by atoms with van der Waals surface area (Å²) in [6.45, 7) is 4.04. The lowest BCUT2D eigenvalue weighted by molar-refractivity contribution is -0.139. The van der Waals surface area contributed by atoms with Gasteiger partial charge < -0.3 is 10.1 Å². The van der Waals surface area contributed by atoms with E-state index in [2.05, 4.69) is 20.8 Å². The second-order valence-electron chi connectivity index (χ2n) is 5.42. The van der Waals surface area contributed by atoms with Gasteiger partial charge in [-0.1, -0.05) is 40.8 Å². The molecule has 0 unspecified atom stereocenters. The fourth-order valence-electron chi connectivity index (χ4n) is 1.87. The van der Waals surface area contributed by atoms with Gasteiger partial charge in [-0.25, -0.2) is 0 Å². The van der Waals surface area contributed by atoms with Crippen LogP contribution in [-0.4, -0.2) is 51.8 Å². The van der Waals surface area contributed by atoms with E-state index in [1.54, 1.807) is 6.92 Å². The quantitative estimate of drug-likeness (QED) is 0.330. The van der Waals surface area contributed by atoms with E-state index in [0.29, 0.717) is 16.1 Å². The number of hydrogen-bond acceptors (Lipinski definition) is 9. The monoisotopic (exact) mass is 440 g/mol. The molecular weight excluding hydrogens is 420 g/mol. The van der Waals surface area contributed by atoms with Crippen LogP contribution in [-0.2, 0) is 19.1 Å². The number of rotatable bonds is 10. The summed E-state index contributed by atoms with van der Waals surface area (Å²) >= 11 is 3.58. The Labute approximate surface area is 175 Å². The molecule has 0 saturated carbocycles. The molecule has 2 aromatic rings. The maximum Gasteiger partial charge on any atom is 0.316 e. The van der Waals surface area contributed by atoms with Crippen molar-refractivity contribution in [3.8, 4) is 0 Å².